The second-order valence-electron chi connectivity index (χ2n) is 7.35. The minimum absolute atomic E-state index is 0.0348. The molecule has 2 aromatic carbocycles. The Morgan fingerprint density at radius 3 is 2.47 bits per heavy atom. The molecule has 176 valence electrons. The molecule has 0 aliphatic heterocycles. The van der Waals surface area contributed by atoms with E-state index < -0.39 is 5.91 Å². The zero-order valence-corrected chi connectivity index (χ0v) is 22.5. The van der Waals surface area contributed by atoms with E-state index in [-0.39, 0.29) is 12.2 Å². The molecule has 3 aromatic rings. The summed E-state index contributed by atoms with van der Waals surface area (Å²) in [5.41, 5.74) is 5.86. The molecule has 0 fully saturated rings. The number of nitriles is 1. The smallest absolute Gasteiger partial charge is 0.280 e. The van der Waals surface area contributed by atoms with Crippen molar-refractivity contribution in [3.05, 3.63) is 84.2 Å². The summed E-state index contributed by atoms with van der Waals surface area (Å²) in [5, 5.41) is 10.7. The fourth-order valence-electron chi connectivity index (χ4n) is 3.18. The summed E-state index contributed by atoms with van der Waals surface area (Å²) in [7, 11) is 0. The molecule has 1 heterocycles. The second-order valence-corrected chi connectivity index (χ2v) is 9.36. The summed E-state index contributed by atoms with van der Waals surface area (Å²) in [5.74, 6) is 0.545. The van der Waals surface area contributed by atoms with Crippen molar-refractivity contribution in [3.8, 4) is 17.6 Å². The highest BCUT2D eigenvalue weighted by atomic mass is 127. The molecule has 0 spiro atoms. The zero-order chi connectivity index (χ0) is 24.8. The first-order valence-electron chi connectivity index (χ1n) is 10.3. The lowest BCUT2D eigenvalue weighted by Crippen LogP contribution is -2.25. The van der Waals surface area contributed by atoms with E-state index in [1.807, 2.05) is 45.0 Å². The van der Waals surface area contributed by atoms with Crippen LogP contribution in [0.15, 0.2) is 48.0 Å². The third kappa shape index (κ3) is 6.26. The van der Waals surface area contributed by atoms with Crippen LogP contribution in [0.3, 0.4) is 0 Å². The van der Waals surface area contributed by atoms with Crippen LogP contribution in [0.25, 0.3) is 6.08 Å². The third-order valence-corrected chi connectivity index (χ3v) is 6.27. The standard InChI is InChI=1S/C25H22Cl2IN3O3/c1-4-33-23-11-17(9-19(13-29)25(32)30-31-15(2)5-6-16(31)3)10-22(28)24(23)34-14-18-7-8-20(26)12-21(18)27/h5-12H,4,14H2,1-3H3,(H,30,32)/b19-9-. The second kappa shape index (κ2) is 11.6. The van der Waals surface area contributed by atoms with Crippen LogP contribution in [0.4, 0.5) is 0 Å². The predicted octanol–water partition coefficient (Wildman–Crippen LogP) is 6.67. The molecule has 0 aliphatic rings. The van der Waals surface area contributed by atoms with Crippen molar-refractivity contribution >= 4 is 57.8 Å². The topological polar surface area (TPSA) is 76.3 Å². The summed E-state index contributed by atoms with van der Waals surface area (Å²) in [6.45, 7) is 6.25. The van der Waals surface area contributed by atoms with E-state index in [9.17, 15) is 10.1 Å². The number of halogens is 3. The fourth-order valence-corrected chi connectivity index (χ4v) is 4.43. The highest BCUT2D eigenvalue weighted by Gasteiger charge is 2.16. The number of aromatic nitrogens is 1. The van der Waals surface area contributed by atoms with Gasteiger partial charge in [0.05, 0.1) is 10.2 Å². The Balaban J connectivity index is 1.87. The summed E-state index contributed by atoms with van der Waals surface area (Å²) < 4.78 is 14.2. The van der Waals surface area contributed by atoms with E-state index in [0.29, 0.717) is 33.7 Å². The summed E-state index contributed by atoms with van der Waals surface area (Å²) in [4.78, 5) is 12.7. The van der Waals surface area contributed by atoms with E-state index in [0.717, 1.165) is 20.5 Å². The molecule has 1 N–H and O–H groups in total. The molecule has 1 amide bonds. The molecule has 9 heteroatoms. The number of rotatable bonds is 8. The first-order valence-corrected chi connectivity index (χ1v) is 12.2. The van der Waals surface area contributed by atoms with Crippen molar-refractivity contribution in [2.45, 2.75) is 27.4 Å². The van der Waals surface area contributed by atoms with Gasteiger partial charge in [-0.25, -0.2) is 0 Å². The molecular formula is C25H22Cl2IN3O3. The number of nitrogens with zero attached hydrogens (tertiary/aromatic N) is 2. The van der Waals surface area contributed by atoms with Gasteiger partial charge in [-0.3, -0.25) is 14.9 Å². The van der Waals surface area contributed by atoms with Gasteiger partial charge in [0.25, 0.3) is 5.91 Å². The molecule has 1 aromatic heterocycles. The maximum Gasteiger partial charge on any atom is 0.280 e. The van der Waals surface area contributed by atoms with Crippen molar-refractivity contribution in [1.82, 2.24) is 4.68 Å². The fraction of sp³-hybridized carbons (Fsp3) is 0.200. The number of hydrogen-bond donors (Lipinski definition) is 1. The van der Waals surface area contributed by atoms with Crippen molar-refractivity contribution in [2.24, 2.45) is 0 Å². The number of nitrogens with one attached hydrogen (secondary N) is 1. The highest BCUT2D eigenvalue weighted by Crippen LogP contribution is 2.36. The molecule has 0 aliphatic carbocycles. The normalized spacial score (nSPS) is 11.1. The van der Waals surface area contributed by atoms with Gasteiger partial charge in [-0.15, -0.1) is 0 Å². The van der Waals surface area contributed by atoms with Crippen LogP contribution in [0, 0.1) is 28.7 Å². The number of carbonyl (C=O) groups is 1. The van der Waals surface area contributed by atoms with Crippen molar-refractivity contribution < 1.29 is 14.3 Å². The van der Waals surface area contributed by atoms with E-state index in [1.165, 1.54) is 6.08 Å². The van der Waals surface area contributed by atoms with Crippen LogP contribution in [-0.4, -0.2) is 17.2 Å². The lowest BCUT2D eigenvalue weighted by molar-refractivity contribution is -0.113. The molecule has 34 heavy (non-hydrogen) atoms. The summed E-state index contributed by atoms with van der Waals surface area (Å²) >= 11 is 14.4. The number of ether oxygens (including phenoxy) is 2. The van der Waals surface area contributed by atoms with Crippen molar-refractivity contribution in [2.75, 3.05) is 12.0 Å². The zero-order valence-electron chi connectivity index (χ0n) is 18.8. The molecule has 0 unspecified atom stereocenters. The summed E-state index contributed by atoms with van der Waals surface area (Å²) in [6.07, 6.45) is 1.52. The Kier molecular flexibility index (Phi) is 8.89. The lowest BCUT2D eigenvalue weighted by atomic mass is 10.1. The largest absolute Gasteiger partial charge is 0.490 e. The highest BCUT2D eigenvalue weighted by molar-refractivity contribution is 14.1. The van der Waals surface area contributed by atoms with Gasteiger partial charge < -0.3 is 9.47 Å². The van der Waals surface area contributed by atoms with Gasteiger partial charge >= 0.3 is 0 Å². The molecule has 0 saturated carbocycles. The minimum atomic E-state index is -0.504. The number of benzene rings is 2. The Morgan fingerprint density at radius 2 is 1.85 bits per heavy atom. The number of hydrogen-bond acceptors (Lipinski definition) is 4. The predicted molar refractivity (Wildman–Crippen MR) is 143 cm³/mol. The van der Waals surface area contributed by atoms with Gasteiger partial charge in [-0.2, -0.15) is 5.26 Å². The van der Waals surface area contributed by atoms with Gasteiger partial charge in [0.15, 0.2) is 11.5 Å². The molecule has 0 radical (unpaired) electrons. The van der Waals surface area contributed by atoms with Crippen molar-refractivity contribution in [1.29, 1.82) is 5.26 Å². The van der Waals surface area contributed by atoms with Crippen LogP contribution in [-0.2, 0) is 11.4 Å². The number of amides is 1. The van der Waals surface area contributed by atoms with Crippen LogP contribution in [0.5, 0.6) is 11.5 Å². The average Bonchev–Trinajstić information content (AvgIpc) is 3.10. The van der Waals surface area contributed by atoms with Crippen LogP contribution in [0.2, 0.25) is 10.0 Å². The minimum Gasteiger partial charge on any atom is -0.490 e. The van der Waals surface area contributed by atoms with Gasteiger partial charge in [0.2, 0.25) is 0 Å². The third-order valence-electron chi connectivity index (χ3n) is 4.88. The molecule has 0 bridgehead atoms. The molecule has 3 rings (SSSR count). The molecule has 0 atom stereocenters. The monoisotopic (exact) mass is 609 g/mol. The Bertz CT molecular complexity index is 1280. The van der Waals surface area contributed by atoms with Gasteiger partial charge in [-0.05, 0) is 91.4 Å². The van der Waals surface area contributed by atoms with E-state index in [4.69, 9.17) is 32.7 Å². The van der Waals surface area contributed by atoms with E-state index in [1.54, 1.807) is 28.9 Å². The Morgan fingerprint density at radius 1 is 1.15 bits per heavy atom. The van der Waals surface area contributed by atoms with Gasteiger partial charge in [0.1, 0.15) is 18.2 Å². The molecular weight excluding hydrogens is 588 g/mol. The average molecular weight is 610 g/mol. The maximum atomic E-state index is 12.7. The maximum absolute atomic E-state index is 12.7. The number of aryl methyl sites for hydroxylation is 2. The molecule has 0 saturated heterocycles. The Labute approximate surface area is 222 Å². The SMILES string of the molecule is CCOc1cc(/C=C(/C#N)C(=O)Nn2c(C)ccc2C)cc(I)c1OCc1ccc(Cl)cc1Cl. The van der Waals surface area contributed by atoms with E-state index in [2.05, 4.69) is 28.0 Å². The van der Waals surface area contributed by atoms with Gasteiger partial charge in [-0.1, -0.05) is 29.3 Å². The summed E-state index contributed by atoms with van der Waals surface area (Å²) in [6, 6.07) is 14.5. The Hall–Kier alpha value is -2.67. The number of carbonyl (C=O) groups excluding carboxylic acids is 1. The van der Waals surface area contributed by atoms with Crippen LogP contribution >= 0.6 is 45.8 Å². The quantitative estimate of drug-likeness (QED) is 0.176. The first-order chi connectivity index (χ1) is 16.2. The van der Waals surface area contributed by atoms with Crippen LogP contribution < -0.4 is 14.9 Å². The van der Waals surface area contributed by atoms with Crippen LogP contribution in [0.1, 0.15) is 29.4 Å². The van der Waals surface area contributed by atoms with E-state index >= 15 is 0 Å². The first kappa shape index (κ1) is 25.9. The van der Waals surface area contributed by atoms with Crippen molar-refractivity contribution in [3.63, 3.8) is 0 Å². The lowest BCUT2D eigenvalue weighted by Gasteiger charge is -2.15. The molecule has 6 nitrogen and oxygen atoms in total. The van der Waals surface area contributed by atoms with Gasteiger partial charge in [0, 0.05) is 27.0 Å².